The summed E-state index contributed by atoms with van der Waals surface area (Å²) in [5.74, 6) is 0. The first-order valence-corrected chi connectivity index (χ1v) is 6.06. The van der Waals surface area contributed by atoms with Crippen LogP contribution < -0.4 is 5.73 Å². The molecule has 0 bridgehead atoms. The predicted octanol–water partition coefficient (Wildman–Crippen LogP) is 1.61. The molecule has 1 aliphatic rings. The van der Waals surface area contributed by atoms with Gasteiger partial charge in [-0.15, -0.1) is 0 Å². The number of allylic oxidation sites excluding steroid dienone is 2. The SMILES string of the molecule is CN(C)CCCN(C)C1=CC=C(Cl)CC1N. The van der Waals surface area contributed by atoms with Gasteiger partial charge in [-0.1, -0.05) is 11.6 Å². The van der Waals surface area contributed by atoms with Gasteiger partial charge >= 0.3 is 0 Å². The zero-order chi connectivity index (χ0) is 12.1. The van der Waals surface area contributed by atoms with Crippen LogP contribution in [0, 0.1) is 0 Å². The van der Waals surface area contributed by atoms with E-state index in [9.17, 15) is 0 Å². The minimum absolute atomic E-state index is 0.0434. The van der Waals surface area contributed by atoms with Crippen LogP contribution in [-0.2, 0) is 0 Å². The Hall–Kier alpha value is -0.510. The molecule has 0 fully saturated rings. The minimum atomic E-state index is 0.0434. The Morgan fingerprint density at radius 1 is 1.31 bits per heavy atom. The topological polar surface area (TPSA) is 32.5 Å². The average molecular weight is 244 g/mol. The van der Waals surface area contributed by atoms with Crippen LogP contribution in [0.4, 0.5) is 0 Å². The monoisotopic (exact) mass is 243 g/mol. The largest absolute Gasteiger partial charge is 0.377 e. The summed E-state index contributed by atoms with van der Waals surface area (Å²) in [4.78, 5) is 4.42. The summed E-state index contributed by atoms with van der Waals surface area (Å²) in [6, 6.07) is 0.0434. The van der Waals surface area contributed by atoms with Crippen LogP contribution in [0.3, 0.4) is 0 Å². The number of halogens is 1. The summed E-state index contributed by atoms with van der Waals surface area (Å²) in [7, 11) is 6.27. The summed E-state index contributed by atoms with van der Waals surface area (Å²) >= 11 is 5.94. The van der Waals surface area contributed by atoms with E-state index < -0.39 is 0 Å². The minimum Gasteiger partial charge on any atom is -0.377 e. The van der Waals surface area contributed by atoms with E-state index in [1.807, 2.05) is 12.2 Å². The molecule has 16 heavy (non-hydrogen) atoms. The van der Waals surface area contributed by atoms with Crippen LogP contribution in [0.1, 0.15) is 12.8 Å². The second kappa shape index (κ2) is 6.28. The molecule has 0 spiro atoms. The van der Waals surface area contributed by atoms with E-state index in [4.69, 9.17) is 17.3 Å². The third-order valence-electron chi connectivity index (χ3n) is 2.77. The number of likely N-dealkylation sites (N-methyl/N-ethyl adjacent to an activating group) is 1. The van der Waals surface area contributed by atoms with Crippen molar-refractivity contribution < 1.29 is 0 Å². The summed E-state index contributed by atoms with van der Waals surface area (Å²) < 4.78 is 0. The first-order valence-electron chi connectivity index (χ1n) is 5.68. The van der Waals surface area contributed by atoms with Crippen LogP contribution in [0.15, 0.2) is 22.9 Å². The fourth-order valence-electron chi connectivity index (χ4n) is 1.85. The fourth-order valence-corrected chi connectivity index (χ4v) is 2.07. The van der Waals surface area contributed by atoms with Crippen LogP contribution >= 0.6 is 11.6 Å². The van der Waals surface area contributed by atoms with Crippen molar-refractivity contribution in [3.8, 4) is 0 Å². The molecule has 0 aliphatic heterocycles. The molecule has 1 rings (SSSR count). The van der Waals surface area contributed by atoms with E-state index >= 15 is 0 Å². The van der Waals surface area contributed by atoms with Crippen LogP contribution in [0.5, 0.6) is 0 Å². The molecule has 0 aromatic rings. The number of hydrogen-bond acceptors (Lipinski definition) is 3. The molecule has 4 heteroatoms. The Balaban J connectivity index is 2.44. The van der Waals surface area contributed by atoms with Crippen LogP contribution in [0.2, 0.25) is 0 Å². The van der Waals surface area contributed by atoms with Crippen molar-refractivity contribution in [2.45, 2.75) is 18.9 Å². The lowest BCUT2D eigenvalue weighted by atomic mass is 10.0. The maximum Gasteiger partial charge on any atom is 0.0495 e. The van der Waals surface area contributed by atoms with Gasteiger partial charge in [-0.25, -0.2) is 0 Å². The van der Waals surface area contributed by atoms with Crippen molar-refractivity contribution in [3.63, 3.8) is 0 Å². The summed E-state index contributed by atoms with van der Waals surface area (Å²) in [6.07, 6.45) is 5.88. The lowest BCUT2D eigenvalue weighted by Gasteiger charge is -2.29. The van der Waals surface area contributed by atoms with E-state index in [1.54, 1.807) is 0 Å². The predicted molar refractivity (Wildman–Crippen MR) is 70.4 cm³/mol. The fraction of sp³-hybridized carbons (Fsp3) is 0.667. The first-order chi connectivity index (χ1) is 7.50. The van der Waals surface area contributed by atoms with Gasteiger partial charge < -0.3 is 15.5 Å². The highest BCUT2D eigenvalue weighted by Gasteiger charge is 2.17. The molecule has 0 saturated carbocycles. The van der Waals surface area contributed by atoms with Crippen molar-refractivity contribution in [2.24, 2.45) is 5.73 Å². The Morgan fingerprint density at radius 3 is 2.56 bits per heavy atom. The zero-order valence-corrected chi connectivity index (χ0v) is 11.2. The Bertz CT molecular complexity index is 284. The Morgan fingerprint density at radius 2 is 2.00 bits per heavy atom. The molecule has 1 unspecified atom stereocenters. The molecular weight excluding hydrogens is 222 g/mol. The summed E-state index contributed by atoms with van der Waals surface area (Å²) in [5, 5.41) is 0.845. The van der Waals surface area contributed by atoms with Crippen molar-refractivity contribution in [1.82, 2.24) is 9.80 Å². The highest BCUT2D eigenvalue weighted by molar-refractivity contribution is 6.29. The molecule has 0 aromatic heterocycles. The van der Waals surface area contributed by atoms with Crippen molar-refractivity contribution in [2.75, 3.05) is 34.2 Å². The Kier molecular flexibility index (Phi) is 5.32. The third kappa shape index (κ3) is 4.16. The number of nitrogens with zero attached hydrogens (tertiary/aromatic N) is 2. The van der Waals surface area contributed by atoms with E-state index in [2.05, 4.69) is 30.9 Å². The highest BCUT2D eigenvalue weighted by atomic mass is 35.5. The highest BCUT2D eigenvalue weighted by Crippen LogP contribution is 2.22. The van der Waals surface area contributed by atoms with E-state index in [1.165, 1.54) is 5.70 Å². The van der Waals surface area contributed by atoms with Crippen LogP contribution in [0.25, 0.3) is 0 Å². The molecule has 0 saturated heterocycles. The number of rotatable bonds is 5. The van der Waals surface area contributed by atoms with Gasteiger partial charge in [0, 0.05) is 36.8 Å². The first kappa shape index (κ1) is 13.6. The molecule has 0 heterocycles. The maximum absolute atomic E-state index is 6.06. The smallest absolute Gasteiger partial charge is 0.0495 e. The van der Waals surface area contributed by atoms with Gasteiger partial charge in [0.2, 0.25) is 0 Å². The molecular formula is C12H22ClN3. The van der Waals surface area contributed by atoms with Crippen molar-refractivity contribution in [1.29, 1.82) is 0 Å². The van der Waals surface area contributed by atoms with Gasteiger partial charge in [-0.05, 0) is 39.2 Å². The zero-order valence-electron chi connectivity index (χ0n) is 10.4. The molecule has 1 aliphatic carbocycles. The van der Waals surface area contributed by atoms with E-state index in [0.717, 1.165) is 31.0 Å². The van der Waals surface area contributed by atoms with E-state index in [-0.39, 0.29) is 6.04 Å². The number of nitrogens with two attached hydrogens (primary N) is 1. The molecule has 2 N–H and O–H groups in total. The second-order valence-corrected chi connectivity index (χ2v) is 5.08. The lowest BCUT2D eigenvalue weighted by Crippen LogP contribution is -2.35. The molecule has 0 aromatic carbocycles. The quantitative estimate of drug-likeness (QED) is 0.797. The second-order valence-electron chi connectivity index (χ2n) is 4.59. The average Bonchev–Trinajstić information content (AvgIpc) is 2.16. The van der Waals surface area contributed by atoms with Gasteiger partial charge in [0.1, 0.15) is 0 Å². The lowest BCUT2D eigenvalue weighted by molar-refractivity contribution is 0.331. The molecule has 3 nitrogen and oxygen atoms in total. The number of hydrogen-bond donors (Lipinski definition) is 1. The standard InChI is InChI=1S/C12H22ClN3/c1-15(2)7-4-8-16(3)12-6-5-10(13)9-11(12)14/h5-6,11H,4,7-9,14H2,1-3H3. The van der Waals surface area contributed by atoms with Gasteiger partial charge in [-0.3, -0.25) is 0 Å². The van der Waals surface area contributed by atoms with E-state index in [0.29, 0.717) is 0 Å². The van der Waals surface area contributed by atoms with Crippen molar-refractivity contribution in [3.05, 3.63) is 22.9 Å². The van der Waals surface area contributed by atoms with Gasteiger partial charge in [0.15, 0.2) is 0 Å². The normalized spacial score (nSPS) is 20.8. The summed E-state index contributed by atoms with van der Waals surface area (Å²) in [6.45, 7) is 2.13. The molecule has 92 valence electrons. The van der Waals surface area contributed by atoms with Gasteiger partial charge in [0.25, 0.3) is 0 Å². The van der Waals surface area contributed by atoms with Crippen molar-refractivity contribution >= 4 is 11.6 Å². The van der Waals surface area contributed by atoms with Crippen LogP contribution in [-0.4, -0.2) is 50.1 Å². The Labute approximate surface area is 104 Å². The third-order valence-corrected chi connectivity index (χ3v) is 3.05. The maximum atomic E-state index is 6.06. The molecule has 0 radical (unpaired) electrons. The summed E-state index contributed by atoms with van der Waals surface area (Å²) in [5.41, 5.74) is 7.24. The van der Waals surface area contributed by atoms with Gasteiger partial charge in [-0.2, -0.15) is 0 Å². The van der Waals surface area contributed by atoms with Gasteiger partial charge in [0.05, 0.1) is 0 Å². The molecule has 0 amide bonds. The molecule has 1 atom stereocenters.